The van der Waals surface area contributed by atoms with E-state index in [2.05, 4.69) is 34.2 Å². The van der Waals surface area contributed by atoms with Crippen molar-refractivity contribution < 1.29 is 9.47 Å². The highest BCUT2D eigenvalue weighted by molar-refractivity contribution is 9.10. The maximum atomic E-state index is 5.64. The second-order valence-corrected chi connectivity index (χ2v) is 4.38. The fourth-order valence-corrected chi connectivity index (χ4v) is 2.29. The number of halogens is 1. The molecule has 1 aromatic carbocycles. The summed E-state index contributed by atoms with van der Waals surface area (Å²) in [6, 6.07) is 2.08. The number of fused-ring (bicyclic) bond motifs is 1. The van der Waals surface area contributed by atoms with Crippen LogP contribution in [0.2, 0.25) is 0 Å². The zero-order chi connectivity index (χ0) is 10.8. The van der Waals surface area contributed by atoms with Crippen molar-refractivity contribution in [2.75, 3.05) is 20.3 Å². The van der Waals surface area contributed by atoms with Crippen molar-refractivity contribution in [2.45, 2.75) is 13.5 Å². The largest absolute Gasteiger partial charge is 0.486 e. The summed E-state index contributed by atoms with van der Waals surface area (Å²) in [6.07, 6.45) is 0. The molecule has 2 rings (SSSR count). The number of hydrogen-bond donors (Lipinski definition) is 1. The van der Waals surface area contributed by atoms with Crippen molar-refractivity contribution in [1.82, 2.24) is 5.32 Å². The fraction of sp³-hybridized carbons (Fsp3) is 0.455. The predicted molar refractivity (Wildman–Crippen MR) is 62.6 cm³/mol. The van der Waals surface area contributed by atoms with Gasteiger partial charge >= 0.3 is 0 Å². The molecule has 0 aromatic heterocycles. The first-order valence-corrected chi connectivity index (χ1v) is 5.75. The van der Waals surface area contributed by atoms with Crippen molar-refractivity contribution in [3.63, 3.8) is 0 Å². The molecule has 0 saturated heterocycles. The van der Waals surface area contributed by atoms with Gasteiger partial charge in [0.25, 0.3) is 0 Å². The zero-order valence-electron chi connectivity index (χ0n) is 8.89. The molecule has 0 aliphatic carbocycles. The average molecular weight is 272 g/mol. The van der Waals surface area contributed by atoms with E-state index < -0.39 is 0 Å². The number of rotatable bonds is 2. The summed E-state index contributed by atoms with van der Waals surface area (Å²) >= 11 is 3.50. The minimum absolute atomic E-state index is 0.621. The van der Waals surface area contributed by atoms with E-state index in [0.717, 1.165) is 28.1 Å². The molecule has 0 saturated carbocycles. The molecule has 0 spiro atoms. The average Bonchev–Trinajstić information content (AvgIpc) is 2.26. The van der Waals surface area contributed by atoms with Gasteiger partial charge in [-0.3, -0.25) is 0 Å². The van der Waals surface area contributed by atoms with Gasteiger partial charge in [0, 0.05) is 6.54 Å². The van der Waals surface area contributed by atoms with E-state index in [9.17, 15) is 0 Å². The lowest BCUT2D eigenvalue weighted by atomic mass is 10.1. The van der Waals surface area contributed by atoms with Crippen LogP contribution < -0.4 is 14.8 Å². The predicted octanol–water partition coefficient (Wildman–Crippen LogP) is 2.25. The lowest BCUT2D eigenvalue weighted by Gasteiger charge is -2.23. The molecule has 1 aliphatic rings. The Bertz CT molecular complexity index is 379. The molecule has 1 N–H and O–H groups in total. The number of hydrogen-bond acceptors (Lipinski definition) is 3. The first-order valence-electron chi connectivity index (χ1n) is 4.96. The van der Waals surface area contributed by atoms with Crippen LogP contribution in [-0.4, -0.2) is 20.3 Å². The summed E-state index contributed by atoms with van der Waals surface area (Å²) in [7, 11) is 1.93. The quantitative estimate of drug-likeness (QED) is 0.895. The Morgan fingerprint density at radius 1 is 1.33 bits per heavy atom. The third-order valence-corrected chi connectivity index (χ3v) is 3.08. The third kappa shape index (κ3) is 1.96. The van der Waals surface area contributed by atoms with Gasteiger partial charge in [0.2, 0.25) is 0 Å². The van der Waals surface area contributed by atoms with E-state index in [-0.39, 0.29) is 0 Å². The van der Waals surface area contributed by atoms with Gasteiger partial charge in [0.15, 0.2) is 11.5 Å². The summed E-state index contributed by atoms with van der Waals surface area (Å²) < 4.78 is 12.2. The highest BCUT2D eigenvalue weighted by Crippen LogP contribution is 2.41. The highest BCUT2D eigenvalue weighted by Gasteiger charge is 2.19. The number of benzene rings is 1. The van der Waals surface area contributed by atoms with Crippen molar-refractivity contribution in [1.29, 1.82) is 0 Å². The second kappa shape index (κ2) is 4.41. The molecule has 1 aromatic rings. The standard InChI is InChI=1S/C11H14BrNO2/c1-7-8(6-13-2)5-9(12)11-10(7)14-3-4-15-11/h5,13H,3-4,6H2,1-2H3. The van der Waals surface area contributed by atoms with Crippen LogP contribution in [-0.2, 0) is 6.54 Å². The van der Waals surface area contributed by atoms with Crippen molar-refractivity contribution in [3.05, 3.63) is 21.7 Å². The van der Waals surface area contributed by atoms with E-state index in [0.29, 0.717) is 13.2 Å². The minimum atomic E-state index is 0.621. The smallest absolute Gasteiger partial charge is 0.175 e. The normalized spacial score (nSPS) is 14.1. The molecule has 0 unspecified atom stereocenters. The molecule has 0 bridgehead atoms. The topological polar surface area (TPSA) is 30.5 Å². The van der Waals surface area contributed by atoms with Crippen molar-refractivity contribution in [2.24, 2.45) is 0 Å². The van der Waals surface area contributed by atoms with Crippen LogP contribution in [0.1, 0.15) is 11.1 Å². The van der Waals surface area contributed by atoms with Crippen molar-refractivity contribution >= 4 is 15.9 Å². The molecule has 0 atom stereocenters. The van der Waals surface area contributed by atoms with Gasteiger partial charge in [-0.1, -0.05) is 0 Å². The Hall–Kier alpha value is -0.740. The molecule has 0 amide bonds. The minimum Gasteiger partial charge on any atom is -0.486 e. The first kappa shape index (κ1) is 10.8. The van der Waals surface area contributed by atoms with Gasteiger partial charge in [-0.15, -0.1) is 0 Å². The SMILES string of the molecule is CNCc1cc(Br)c2c(c1C)OCCO2. The Labute approximate surface area is 97.9 Å². The van der Waals surface area contributed by atoms with Crippen LogP contribution >= 0.6 is 15.9 Å². The maximum Gasteiger partial charge on any atom is 0.175 e. The molecule has 1 heterocycles. The lowest BCUT2D eigenvalue weighted by molar-refractivity contribution is 0.169. The fourth-order valence-electron chi connectivity index (χ4n) is 1.72. The summed E-state index contributed by atoms with van der Waals surface area (Å²) in [6.45, 7) is 4.15. The summed E-state index contributed by atoms with van der Waals surface area (Å²) in [4.78, 5) is 0. The number of nitrogens with one attached hydrogen (secondary N) is 1. The Kier molecular flexibility index (Phi) is 3.17. The Balaban J connectivity index is 2.49. The van der Waals surface area contributed by atoms with Gasteiger partial charge < -0.3 is 14.8 Å². The Morgan fingerprint density at radius 2 is 2.00 bits per heavy atom. The van der Waals surface area contributed by atoms with Crippen LogP contribution in [0.15, 0.2) is 10.5 Å². The van der Waals surface area contributed by atoms with E-state index in [4.69, 9.17) is 9.47 Å². The van der Waals surface area contributed by atoms with Crippen LogP contribution in [0.4, 0.5) is 0 Å². The molecule has 0 radical (unpaired) electrons. The Morgan fingerprint density at radius 3 is 2.67 bits per heavy atom. The molecule has 0 fully saturated rings. The summed E-state index contributed by atoms with van der Waals surface area (Å²) in [5, 5.41) is 3.14. The second-order valence-electron chi connectivity index (χ2n) is 3.53. The lowest BCUT2D eigenvalue weighted by Crippen LogP contribution is -2.18. The third-order valence-electron chi connectivity index (χ3n) is 2.49. The molecular formula is C11H14BrNO2. The monoisotopic (exact) mass is 271 g/mol. The number of ether oxygens (including phenoxy) is 2. The molecule has 4 heteroatoms. The van der Waals surface area contributed by atoms with E-state index in [1.54, 1.807) is 0 Å². The molecular weight excluding hydrogens is 258 g/mol. The first-order chi connectivity index (χ1) is 7.24. The zero-order valence-corrected chi connectivity index (χ0v) is 10.5. The van der Waals surface area contributed by atoms with E-state index in [1.165, 1.54) is 5.56 Å². The van der Waals surface area contributed by atoms with Crippen LogP contribution in [0.25, 0.3) is 0 Å². The van der Waals surface area contributed by atoms with Crippen LogP contribution in [0, 0.1) is 6.92 Å². The van der Waals surface area contributed by atoms with Gasteiger partial charge in [-0.05, 0) is 47.1 Å². The van der Waals surface area contributed by atoms with Crippen LogP contribution in [0.3, 0.4) is 0 Å². The van der Waals surface area contributed by atoms with Gasteiger partial charge in [0.05, 0.1) is 4.47 Å². The highest BCUT2D eigenvalue weighted by atomic mass is 79.9. The summed E-state index contributed by atoms with van der Waals surface area (Å²) in [5.74, 6) is 1.71. The van der Waals surface area contributed by atoms with E-state index >= 15 is 0 Å². The van der Waals surface area contributed by atoms with E-state index in [1.807, 2.05) is 7.05 Å². The maximum absolute atomic E-state index is 5.64. The van der Waals surface area contributed by atoms with Gasteiger partial charge in [-0.2, -0.15) is 0 Å². The van der Waals surface area contributed by atoms with Gasteiger partial charge in [0.1, 0.15) is 13.2 Å². The van der Waals surface area contributed by atoms with Crippen LogP contribution in [0.5, 0.6) is 11.5 Å². The van der Waals surface area contributed by atoms with Gasteiger partial charge in [-0.25, -0.2) is 0 Å². The molecule has 15 heavy (non-hydrogen) atoms. The summed E-state index contributed by atoms with van der Waals surface area (Å²) in [5.41, 5.74) is 2.39. The molecule has 1 aliphatic heterocycles. The molecule has 82 valence electrons. The van der Waals surface area contributed by atoms with Crippen molar-refractivity contribution in [3.8, 4) is 11.5 Å². The molecule has 3 nitrogen and oxygen atoms in total.